The number of nitrogens with zero attached hydrogens (tertiary/aromatic N) is 3. The molecule has 4 atom stereocenters. The van der Waals surface area contributed by atoms with Crippen LogP contribution in [0.5, 0.6) is 0 Å². The van der Waals surface area contributed by atoms with Crippen LogP contribution in [-0.4, -0.2) is 105 Å². The largest absolute Gasteiger partial charge is 0.369 e. The van der Waals surface area contributed by atoms with Crippen molar-refractivity contribution in [3.63, 3.8) is 0 Å². The third-order valence-corrected chi connectivity index (χ3v) is 7.67. The van der Waals surface area contributed by atoms with Crippen LogP contribution < -0.4 is 15.5 Å². The second kappa shape index (κ2) is 11.5. The summed E-state index contributed by atoms with van der Waals surface area (Å²) in [5, 5.41) is 6.16. The third-order valence-electron chi connectivity index (χ3n) is 7.67. The molecule has 0 saturated carbocycles. The molecule has 9 nitrogen and oxygen atoms in total. The van der Waals surface area contributed by atoms with E-state index in [0.29, 0.717) is 18.5 Å². The van der Waals surface area contributed by atoms with Gasteiger partial charge in [0.2, 0.25) is 5.91 Å². The van der Waals surface area contributed by atoms with Gasteiger partial charge in [-0.2, -0.15) is 0 Å². The van der Waals surface area contributed by atoms with E-state index in [0.717, 1.165) is 38.4 Å². The molecular formula is C28H43N5O4. The van der Waals surface area contributed by atoms with Crippen LogP contribution in [0, 0.1) is 5.41 Å². The number of benzene rings is 1. The highest BCUT2D eigenvalue weighted by Crippen LogP contribution is 2.30. The lowest BCUT2D eigenvalue weighted by Gasteiger charge is -2.36. The fourth-order valence-electron chi connectivity index (χ4n) is 5.76. The average molecular weight is 514 g/mol. The number of fused-ring (bicyclic) bond motifs is 1. The molecule has 3 saturated heterocycles. The van der Waals surface area contributed by atoms with E-state index < -0.39 is 12.1 Å². The van der Waals surface area contributed by atoms with Crippen molar-refractivity contribution in [2.45, 2.75) is 64.8 Å². The van der Waals surface area contributed by atoms with Gasteiger partial charge in [-0.25, -0.2) is 0 Å². The number of ether oxygens (including phenoxy) is 1. The molecule has 0 spiro atoms. The van der Waals surface area contributed by atoms with Crippen LogP contribution in [0.3, 0.4) is 0 Å². The van der Waals surface area contributed by atoms with Gasteiger partial charge in [0.25, 0.3) is 5.91 Å². The van der Waals surface area contributed by atoms with E-state index >= 15 is 0 Å². The van der Waals surface area contributed by atoms with Crippen LogP contribution in [0.15, 0.2) is 24.3 Å². The number of hydrogen-bond donors (Lipinski definition) is 2. The van der Waals surface area contributed by atoms with Crippen LogP contribution in [0.25, 0.3) is 0 Å². The van der Waals surface area contributed by atoms with Crippen molar-refractivity contribution < 1.29 is 19.1 Å². The van der Waals surface area contributed by atoms with Gasteiger partial charge in [-0.05, 0) is 56.1 Å². The highest BCUT2D eigenvalue weighted by molar-refractivity contribution is 5.99. The van der Waals surface area contributed by atoms with Crippen molar-refractivity contribution in [1.29, 1.82) is 0 Å². The number of anilines is 1. The van der Waals surface area contributed by atoms with Gasteiger partial charge in [0, 0.05) is 44.0 Å². The molecule has 2 amide bonds. The first kappa shape index (κ1) is 27.5. The van der Waals surface area contributed by atoms with Gasteiger partial charge in [0.15, 0.2) is 5.78 Å². The van der Waals surface area contributed by atoms with E-state index in [2.05, 4.69) is 27.4 Å². The number of Topliss-reactive ketones (excluding diaryl/α,β-unsaturated/α-hetero) is 1. The van der Waals surface area contributed by atoms with Gasteiger partial charge in [-0.1, -0.05) is 27.7 Å². The Labute approximate surface area is 220 Å². The Morgan fingerprint density at radius 2 is 1.78 bits per heavy atom. The molecule has 3 heterocycles. The SMILES string of the molecule is CCCN1CCN(c2ccc(C(=O)N[C@@H](CC(C)(C)C)C(=O)N3C[C@H](NC)[C@H]4OCC(=O)[C@H]43)cc2)CC1. The summed E-state index contributed by atoms with van der Waals surface area (Å²) in [6.45, 7) is 13.9. The van der Waals surface area contributed by atoms with Crippen LogP contribution in [0.1, 0.15) is 50.9 Å². The monoisotopic (exact) mass is 513 g/mol. The topological polar surface area (TPSA) is 94.2 Å². The Kier molecular flexibility index (Phi) is 8.56. The van der Waals surface area contributed by atoms with Crippen LogP contribution in [0.2, 0.25) is 0 Å². The van der Waals surface area contributed by atoms with Gasteiger partial charge in [-0.3, -0.25) is 19.3 Å². The van der Waals surface area contributed by atoms with Crippen molar-refractivity contribution in [2.24, 2.45) is 5.41 Å². The number of likely N-dealkylation sites (tertiary alicyclic amines) is 1. The number of carbonyl (C=O) groups excluding carboxylic acids is 3. The molecule has 3 aliphatic rings. The molecule has 37 heavy (non-hydrogen) atoms. The van der Waals surface area contributed by atoms with Crippen LogP contribution in [-0.2, 0) is 14.3 Å². The summed E-state index contributed by atoms with van der Waals surface area (Å²) in [6, 6.07) is 6.20. The Hall–Kier alpha value is -2.49. The third kappa shape index (κ3) is 6.33. The summed E-state index contributed by atoms with van der Waals surface area (Å²) in [7, 11) is 1.81. The minimum atomic E-state index is -0.733. The van der Waals surface area contributed by atoms with Crippen LogP contribution >= 0.6 is 0 Å². The van der Waals surface area contributed by atoms with Crippen molar-refractivity contribution in [2.75, 3.05) is 57.8 Å². The van der Waals surface area contributed by atoms with E-state index in [1.54, 1.807) is 4.90 Å². The number of amides is 2. The van der Waals surface area contributed by atoms with Crippen molar-refractivity contribution in [3.8, 4) is 0 Å². The molecule has 0 aromatic heterocycles. The first-order valence-corrected chi connectivity index (χ1v) is 13.6. The average Bonchev–Trinajstić information content (AvgIpc) is 3.43. The number of likely N-dealkylation sites (N-methyl/N-ethyl adjacent to an activating group) is 1. The van der Waals surface area contributed by atoms with Gasteiger partial charge in [0.05, 0.1) is 6.04 Å². The Bertz CT molecular complexity index is 968. The van der Waals surface area contributed by atoms with Gasteiger partial charge >= 0.3 is 0 Å². The van der Waals surface area contributed by atoms with Gasteiger partial charge < -0.3 is 25.2 Å². The molecule has 0 aliphatic carbocycles. The summed E-state index contributed by atoms with van der Waals surface area (Å²) in [4.78, 5) is 46.0. The fourth-order valence-corrected chi connectivity index (χ4v) is 5.76. The molecule has 1 aromatic carbocycles. The van der Waals surface area contributed by atoms with Crippen LogP contribution in [0.4, 0.5) is 5.69 Å². The minimum absolute atomic E-state index is 0.0214. The van der Waals surface area contributed by atoms with Crippen molar-refractivity contribution >= 4 is 23.3 Å². The summed E-state index contributed by atoms with van der Waals surface area (Å²) < 4.78 is 5.68. The minimum Gasteiger partial charge on any atom is -0.369 e. The highest BCUT2D eigenvalue weighted by Gasteiger charge is 2.52. The maximum Gasteiger partial charge on any atom is 0.251 e. The lowest BCUT2D eigenvalue weighted by atomic mass is 9.87. The zero-order chi connectivity index (χ0) is 26.7. The molecular weight excluding hydrogens is 470 g/mol. The van der Waals surface area contributed by atoms with Gasteiger partial charge in [0.1, 0.15) is 24.8 Å². The first-order chi connectivity index (χ1) is 17.6. The fraction of sp³-hybridized carbons (Fsp3) is 0.679. The molecule has 2 N–H and O–H groups in total. The normalized spacial score (nSPS) is 25.3. The number of hydrogen-bond acceptors (Lipinski definition) is 7. The van der Waals surface area contributed by atoms with E-state index in [4.69, 9.17) is 4.74 Å². The Morgan fingerprint density at radius 1 is 1.11 bits per heavy atom. The summed E-state index contributed by atoms with van der Waals surface area (Å²) in [5.41, 5.74) is 1.43. The lowest BCUT2D eigenvalue weighted by Crippen LogP contribution is -2.53. The summed E-state index contributed by atoms with van der Waals surface area (Å²) in [6.07, 6.45) is 1.29. The molecule has 3 fully saturated rings. The molecule has 9 heteroatoms. The van der Waals surface area contributed by atoms with E-state index in [1.165, 1.54) is 6.42 Å². The number of piperazine rings is 1. The second-order valence-corrected chi connectivity index (χ2v) is 11.7. The summed E-state index contributed by atoms with van der Waals surface area (Å²) >= 11 is 0. The molecule has 0 radical (unpaired) electrons. The van der Waals surface area contributed by atoms with Crippen molar-refractivity contribution in [3.05, 3.63) is 29.8 Å². The molecule has 0 unspecified atom stereocenters. The highest BCUT2D eigenvalue weighted by atomic mass is 16.5. The molecule has 0 bridgehead atoms. The maximum absolute atomic E-state index is 13.7. The number of nitrogens with one attached hydrogen (secondary N) is 2. The molecule has 1 aromatic rings. The number of ketones is 1. The van der Waals surface area contributed by atoms with Gasteiger partial charge in [-0.15, -0.1) is 0 Å². The number of rotatable bonds is 8. The molecule has 4 rings (SSSR count). The standard InChI is InChI=1S/C28H43N5O4/c1-6-11-31-12-14-32(15-13-31)20-9-7-19(8-10-20)26(35)30-21(16-28(2,3)4)27(36)33-17-22(29-5)25-24(33)23(34)18-37-25/h7-10,21-22,24-25,29H,6,11-18H2,1-5H3,(H,30,35)/t21-,22-,24+,25+/m0/s1. The zero-order valence-corrected chi connectivity index (χ0v) is 23.0. The van der Waals surface area contributed by atoms with Crippen molar-refractivity contribution in [1.82, 2.24) is 20.4 Å². The number of carbonyl (C=O) groups is 3. The molecule has 3 aliphatic heterocycles. The van der Waals surface area contributed by atoms with E-state index in [-0.39, 0.29) is 41.8 Å². The van der Waals surface area contributed by atoms with E-state index in [1.807, 2.05) is 52.1 Å². The second-order valence-electron chi connectivity index (χ2n) is 11.7. The quantitative estimate of drug-likeness (QED) is 0.544. The van der Waals surface area contributed by atoms with E-state index in [9.17, 15) is 14.4 Å². The predicted octanol–water partition coefficient (Wildman–Crippen LogP) is 1.52. The zero-order valence-electron chi connectivity index (χ0n) is 23.0. The lowest BCUT2D eigenvalue weighted by molar-refractivity contribution is -0.138. The Balaban J connectivity index is 1.44. The smallest absolute Gasteiger partial charge is 0.251 e. The first-order valence-electron chi connectivity index (χ1n) is 13.6. The summed E-state index contributed by atoms with van der Waals surface area (Å²) in [5.74, 6) is -0.587. The predicted molar refractivity (Wildman–Crippen MR) is 144 cm³/mol. The Morgan fingerprint density at radius 3 is 2.38 bits per heavy atom. The maximum atomic E-state index is 13.7. The molecule has 204 valence electrons.